The molecule has 0 unspecified atom stereocenters. The predicted molar refractivity (Wildman–Crippen MR) is 43.1 cm³/mol. The van der Waals surface area contributed by atoms with Crippen LogP contribution in [0.2, 0.25) is 0 Å². The fourth-order valence-corrected chi connectivity index (χ4v) is 1.16. The molecule has 1 aliphatic rings. The van der Waals surface area contributed by atoms with Gasteiger partial charge in [0.05, 0.1) is 18.2 Å². The number of hydrogen-bond acceptors (Lipinski definition) is 4. The van der Waals surface area contributed by atoms with Crippen molar-refractivity contribution < 1.29 is 9.15 Å². The SMILES string of the molecule is C=C1OC(c2ccco2)=NS1. The molecule has 56 valence electrons. The zero-order valence-electron chi connectivity index (χ0n) is 5.61. The lowest BCUT2D eigenvalue weighted by Gasteiger charge is -1.93. The van der Waals surface area contributed by atoms with Gasteiger partial charge in [-0.2, -0.15) is 4.40 Å². The molecule has 0 amide bonds. The van der Waals surface area contributed by atoms with E-state index in [1.54, 1.807) is 18.4 Å². The van der Waals surface area contributed by atoms with Crippen LogP contribution in [0, 0.1) is 0 Å². The highest BCUT2D eigenvalue weighted by molar-refractivity contribution is 8.02. The molecule has 0 saturated heterocycles. The van der Waals surface area contributed by atoms with Gasteiger partial charge in [0, 0.05) is 0 Å². The molecule has 0 fully saturated rings. The molecule has 0 N–H and O–H groups in total. The van der Waals surface area contributed by atoms with Crippen molar-refractivity contribution in [2.75, 3.05) is 0 Å². The monoisotopic (exact) mass is 167 g/mol. The Balaban J connectivity index is 2.26. The Bertz CT molecular complexity index is 302. The maximum absolute atomic E-state index is 5.13. The third kappa shape index (κ3) is 1.17. The molecule has 0 radical (unpaired) electrons. The molecular weight excluding hydrogens is 162 g/mol. The van der Waals surface area contributed by atoms with Crippen molar-refractivity contribution in [1.29, 1.82) is 0 Å². The highest BCUT2D eigenvalue weighted by Gasteiger charge is 2.16. The van der Waals surface area contributed by atoms with Gasteiger partial charge in [0.1, 0.15) is 0 Å². The van der Waals surface area contributed by atoms with E-state index in [1.165, 1.54) is 11.9 Å². The molecule has 1 aliphatic heterocycles. The lowest BCUT2D eigenvalue weighted by atomic mass is 10.4. The van der Waals surface area contributed by atoms with Crippen molar-refractivity contribution in [2.24, 2.45) is 4.40 Å². The van der Waals surface area contributed by atoms with E-state index < -0.39 is 0 Å². The van der Waals surface area contributed by atoms with Crippen molar-refractivity contribution in [1.82, 2.24) is 0 Å². The summed E-state index contributed by atoms with van der Waals surface area (Å²) in [6, 6.07) is 3.57. The van der Waals surface area contributed by atoms with Gasteiger partial charge >= 0.3 is 0 Å². The summed E-state index contributed by atoms with van der Waals surface area (Å²) < 4.78 is 14.2. The Kier molecular flexibility index (Phi) is 1.47. The van der Waals surface area contributed by atoms with E-state index >= 15 is 0 Å². The van der Waals surface area contributed by atoms with Crippen LogP contribution in [0.15, 0.2) is 38.9 Å². The van der Waals surface area contributed by atoms with Crippen LogP contribution >= 0.6 is 11.9 Å². The van der Waals surface area contributed by atoms with Crippen molar-refractivity contribution >= 4 is 17.8 Å². The minimum atomic E-state index is 0.491. The van der Waals surface area contributed by atoms with Crippen LogP contribution in [0.4, 0.5) is 0 Å². The second kappa shape index (κ2) is 2.47. The smallest absolute Gasteiger partial charge is 0.271 e. The van der Waals surface area contributed by atoms with Crippen molar-refractivity contribution in [3.05, 3.63) is 35.8 Å². The predicted octanol–water partition coefficient (Wildman–Crippen LogP) is 2.18. The van der Waals surface area contributed by atoms with Crippen molar-refractivity contribution in [2.45, 2.75) is 0 Å². The zero-order valence-corrected chi connectivity index (χ0v) is 6.43. The highest BCUT2D eigenvalue weighted by Crippen LogP contribution is 2.26. The number of furan rings is 1. The summed E-state index contributed by atoms with van der Waals surface area (Å²) in [6.45, 7) is 3.60. The van der Waals surface area contributed by atoms with Gasteiger partial charge in [-0.05, 0) is 18.7 Å². The molecule has 0 saturated carbocycles. The normalized spacial score (nSPS) is 16.4. The summed E-state index contributed by atoms with van der Waals surface area (Å²) in [5.74, 6) is 1.13. The van der Waals surface area contributed by atoms with Crippen molar-refractivity contribution in [3.63, 3.8) is 0 Å². The average molecular weight is 167 g/mol. The van der Waals surface area contributed by atoms with Crippen LogP contribution in [0.1, 0.15) is 5.76 Å². The minimum Gasteiger partial charge on any atom is -0.459 e. The summed E-state index contributed by atoms with van der Waals surface area (Å²) in [5, 5.41) is 0.580. The van der Waals surface area contributed by atoms with Crippen LogP contribution in [-0.2, 0) is 4.74 Å². The van der Waals surface area contributed by atoms with Gasteiger partial charge in [-0.1, -0.05) is 0 Å². The molecule has 11 heavy (non-hydrogen) atoms. The Hall–Kier alpha value is -1.16. The molecule has 3 nitrogen and oxygen atoms in total. The summed E-state index contributed by atoms with van der Waals surface area (Å²) in [4.78, 5) is 0. The molecule has 0 spiro atoms. The van der Waals surface area contributed by atoms with Crippen LogP contribution < -0.4 is 0 Å². The first-order valence-electron chi connectivity index (χ1n) is 3.02. The van der Waals surface area contributed by atoms with Gasteiger partial charge in [-0.3, -0.25) is 0 Å². The van der Waals surface area contributed by atoms with Crippen LogP contribution in [0.5, 0.6) is 0 Å². The number of rotatable bonds is 1. The Morgan fingerprint density at radius 1 is 1.55 bits per heavy atom. The van der Waals surface area contributed by atoms with E-state index in [1.807, 2.05) is 0 Å². The summed E-state index contributed by atoms with van der Waals surface area (Å²) in [6.07, 6.45) is 1.58. The maximum atomic E-state index is 5.13. The van der Waals surface area contributed by atoms with Crippen LogP contribution in [-0.4, -0.2) is 5.90 Å². The molecule has 2 heterocycles. The first-order chi connectivity index (χ1) is 5.36. The van der Waals surface area contributed by atoms with E-state index in [2.05, 4.69) is 11.0 Å². The Morgan fingerprint density at radius 3 is 3.00 bits per heavy atom. The minimum absolute atomic E-state index is 0.491. The molecule has 4 heteroatoms. The standard InChI is InChI=1S/C7H5NO2S/c1-5-10-7(8-11-5)6-3-2-4-9-6/h2-4H,1H2. The summed E-state index contributed by atoms with van der Waals surface area (Å²) in [5.41, 5.74) is 0. The van der Waals surface area contributed by atoms with E-state index in [0.717, 1.165) is 0 Å². The van der Waals surface area contributed by atoms with Gasteiger partial charge in [-0.25, -0.2) is 0 Å². The average Bonchev–Trinajstić information content (AvgIpc) is 2.55. The Morgan fingerprint density at radius 2 is 2.45 bits per heavy atom. The second-order valence-electron chi connectivity index (χ2n) is 1.94. The van der Waals surface area contributed by atoms with E-state index in [0.29, 0.717) is 16.7 Å². The fourth-order valence-electron chi connectivity index (χ4n) is 0.733. The summed E-state index contributed by atoms with van der Waals surface area (Å²) in [7, 11) is 0. The number of hydrogen-bond donors (Lipinski definition) is 0. The quantitative estimate of drug-likeness (QED) is 0.601. The molecular formula is C7H5NO2S. The molecule has 0 bridgehead atoms. The van der Waals surface area contributed by atoms with Gasteiger partial charge in [0.25, 0.3) is 5.90 Å². The molecule has 0 atom stereocenters. The number of nitrogens with zero attached hydrogens (tertiary/aromatic N) is 1. The van der Waals surface area contributed by atoms with Gasteiger partial charge in [-0.15, -0.1) is 0 Å². The zero-order chi connectivity index (χ0) is 7.68. The van der Waals surface area contributed by atoms with Crippen LogP contribution in [0.25, 0.3) is 0 Å². The molecule has 2 rings (SSSR count). The van der Waals surface area contributed by atoms with Gasteiger partial charge in [0.2, 0.25) is 0 Å². The molecule has 0 aliphatic carbocycles. The fraction of sp³-hybridized carbons (Fsp3) is 0. The maximum Gasteiger partial charge on any atom is 0.271 e. The Labute approximate surface area is 67.9 Å². The van der Waals surface area contributed by atoms with Gasteiger partial charge in [0.15, 0.2) is 10.9 Å². The topological polar surface area (TPSA) is 34.7 Å². The summed E-state index contributed by atoms with van der Waals surface area (Å²) >= 11 is 1.21. The lowest BCUT2D eigenvalue weighted by Crippen LogP contribution is -1.96. The third-order valence-electron chi connectivity index (χ3n) is 1.17. The van der Waals surface area contributed by atoms with E-state index in [4.69, 9.17) is 9.15 Å². The van der Waals surface area contributed by atoms with Crippen LogP contribution in [0.3, 0.4) is 0 Å². The largest absolute Gasteiger partial charge is 0.459 e. The van der Waals surface area contributed by atoms with E-state index in [-0.39, 0.29) is 0 Å². The van der Waals surface area contributed by atoms with Gasteiger partial charge < -0.3 is 9.15 Å². The number of ether oxygens (including phenoxy) is 1. The highest BCUT2D eigenvalue weighted by atomic mass is 32.2. The van der Waals surface area contributed by atoms with E-state index in [9.17, 15) is 0 Å². The lowest BCUT2D eigenvalue weighted by molar-refractivity contribution is 0.443. The molecule has 1 aromatic rings. The first-order valence-corrected chi connectivity index (χ1v) is 3.79. The second-order valence-corrected chi connectivity index (χ2v) is 2.76. The third-order valence-corrected chi connectivity index (χ3v) is 1.72. The van der Waals surface area contributed by atoms with Crippen molar-refractivity contribution in [3.8, 4) is 0 Å². The molecule has 1 aromatic heterocycles. The molecule has 0 aromatic carbocycles. The first kappa shape index (κ1) is 6.54.